The topological polar surface area (TPSA) is 83.5 Å². The van der Waals surface area contributed by atoms with Crippen molar-refractivity contribution in [2.24, 2.45) is 5.92 Å². The molecular weight excluding hydrogens is 474 g/mol. The van der Waals surface area contributed by atoms with Crippen LogP contribution in [0.4, 0.5) is 0 Å². The summed E-state index contributed by atoms with van der Waals surface area (Å²) < 4.78 is 27.8. The largest absolute Gasteiger partial charge is 0.493 e. The lowest BCUT2D eigenvalue weighted by atomic mass is 9.75. The Morgan fingerprint density at radius 1 is 0.892 bits per heavy atom. The molecule has 1 aliphatic carbocycles. The van der Waals surface area contributed by atoms with Crippen molar-refractivity contribution in [3.8, 4) is 17.2 Å². The van der Waals surface area contributed by atoms with Crippen LogP contribution in [-0.4, -0.2) is 70.5 Å². The number of amides is 1. The molecule has 37 heavy (non-hydrogen) atoms. The molecule has 0 bridgehead atoms. The number of carbonyl (C=O) groups is 2. The molecule has 0 unspecified atom stereocenters. The number of unbranched alkanes of at least 4 members (excludes halogenated alkanes) is 1. The van der Waals surface area contributed by atoms with E-state index in [1.54, 1.807) is 26.2 Å². The van der Waals surface area contributed by atoms with E-state index < -0.39 is 6.04 Å². The molecule has 1 aromatic carbocycles. The quantitative estimate of drug-likeness (QED) is 0.264. The van der Waals surface area contributed by atoms with E-state index in [1.807, 2.05) is 12.1 Å². The molecule has 8 heteroatoms. The highest BCUT2D eigenvalue weighted by Gasteiger charge is 2.40. The Kier molecular flexibility index (Phi) is 11.8. The van der Waals surface area contributed by atoms with Gasteiger partial charge in [0.2, 0.25) is 11.7 Å². The van der Waals surface area contributed by atoms with Gasteiger partial charge in [-0.1, -0.05) is 32.6 Å². The van der Waals surface area contributed by atoms with Crippen LogP contribution in [0.15, 0.2) is 12.1 Å². The second kappa shape index (κ2) is 15.1. The van der Waals surface area contributed by atoms with Crippen LogP contribution in [0.25, 0.3) is 0 Å². The van der Waals surface area contributed by atoms with E-state index in [9.17, 15) is 9.59 Å². The normalized spacial score (nSPS) is 19.2. The first-order chi connectivity index (χ1) is 18.0. The average Bonchev–Trinajstić information content (AvgIpc) is 2.94. The maximum atomic E-state index is 14.3. The zero-order chi connectivity index (χ0) is 26.6. The summed E-state index contributed by atoms with van der Waals surface area (Å²) in [5, 5.41) is 0. The summed E-state index contributed by atoms with van der Waals surface area (Å²) in [6.45, 7) is 3.92. The zero-order valence-corrected chi connectivity index (χ0v) is 23.1. The van der Waals surface area contributed by atoms with E-state index >= 15 is 0 Å². The summed E-state index contributed by atoms with van der Waals surface area (Å²) in [5.41, 5.74) is 0.841. The molecule has 1 amide bonds. The highest BCUT2D eigenvalue weighted by molar-refractivity contribution is 5.89. The van der Waals surface area contributed by atoms with Crippen molar-refractivity contribution in [2.45, 2.75) is 83.1 Å². The Balaban J connectivity index is 1.85. The third-order valence-corrected chi connectivity index (χ3v) is 7.61. The molecule has 0 N–H and O–H groups in total. The van der Waals surface area contributed by atoms with Crippen LogP contribution in [0.2, 0.25) is 0 Å². The van der Waals surface area contributed by atoms with Crippen LogP contribution in [0.5, 0.6) is 17.2 Å². The van der Waals surface area contributed by atoms with Gasteiger partial charge in [-0.2, -0.15) is 0 Å². The molecule has 1 saturated carbocycles. The molecule has 0 radical (unpaired) electrons. The minimum Gasteiger partial charge on any atom is -0.493 e. The van der Waals surface area contributed by atoms with E-state index in [0.717, 1.165) is 56.9 Å². The molecular formula is C29H45NO7. The number of carbonyl (C=O) groups excluding carboxylic acids is 2. The van der Waals surface area contributed by atoms with E-state index in [-0.39, 0.29) is 30.3 Å². The Morgan fingerprint density at radius 2 is 1.57 bits per heavy atom. The summed E-state index contributed by atoms with van der Waals surface area (Å²) >= 11 is 0. The van der Waals surface area contributed by atoms with Crippen molar-refractivity contribution in [1.29, 1.82) is 0 Å². The summed E-state index contributed by atoms with van der Waals surface area (Å²) in [4.78, 5) is 29.2. The number of benzene rings is 1. The molecule has 0 aromatic heterocycles. The number of ether oxygens (including phenoxy) is 5. The van der Waals surface area contributed by atoms with Crippen LogP contribution < -0.4 is 14.2 Å². The van der Waals surface area contributed by atoms with Gasteiger partial charge in [0.25, 0.3) is 0 Å². The highest BCUT2D eigenvalue weighted by atomic mass is 16.6. The smallest absolute Gasteiger partial charge is 0.328 e. The lowest BCUT2D eigenvalue weighted by Crippen LogP contribution is -2.51. The Hall–Kier alpha value is -2.48. The van der Waals surface area contributed by atoms with Crippen molar-refractivity contribution in [2.75, 3.05) is 47.7 Å². The summed E-state index contributed by atoms with van der Waals surface area (Å²) in [6.07, 6.45) is 9.78. The van der Waals surface area contributed by atoms with Crippen molar-refractivity contribution in [3.05, 3.63) is 17.7 Å². The van der Waals surface area contributed by atoms with Crippen molar-refractivity contribution in [1.82, 2.24) is 4.90 Å². The van der Waals surface area contributed by atoms with Gasteiger partial charge in [-0.3, -0.25) is 4.79 Å². The van der Waals surface area contributed by atoms with Crippen LogP contribution >= 0.6 is 0 Å². The molecule has 1 aliphatic heterocycles. The minimum atomic E-state index is -0.565. The first-order valence-corrected chi connectivity index (χ1v) is 13.9. The molecule has 3 rings (SSSR count). The second-order valence-corrected chi connectivity index (χ2v) is 10.0. The number of piperidine rings is 1. The van der Waals surface area contributed by atoms with Crippen LogP contribution in [0, 0.1) is 5.92 Å². The third-order valence-electron chi connectivity index (χ3n) is 7.61. The highest BCUT2D eigenvalue weighted by Crippen LogP contribution is 2.45. The van der Waals surface area contributed by atoms with Crippen LogP contribution in [0.1, 0.15) is 82.6 Å². The van der Waals surface area contributed by atoms with E-state index in [4.69, 9.17) is 23.7 Å². The molecule has 1 saturated heterocycles. The second-order valence-electron chi connectivity index (χ2n) is 10.0. The van der Waals surface area contributed by atoms with E-state index in [0.29, 0.717) is 43.4 Å². The Morgan fingerprint density at radius 3 is 2.19 bits per heavy atom. The van der Waals surface area contributed by atoms with Gasteiger partial charge >= 0.3 is 5.97 Å². The number of rotatable bonds is 13. The predicted octanol–water partition coefficient (Wildman–Crippen LogP) is 5.12. The van der Waals surface area contributed by atoms with Gasteiger partial charge in [0.1, 0.15) is 12.6 Å². The number of hydrogen-bond acceptors (Lipinski definition) is 7. The maximum absolute atomic E-state index is 14.3. The predicted molar refractivity (Wildman–Crippen MR) is 141 cm³/mol. The molecule has 2 fully saturated rings. The Labute approximate surface area is 221 Å². The molecule has 2 atom stereocenters. The molecule has 1 aromatic rings. The number of likely N-dealkylation sites (tertiary alicyclic amines) is 1. The maximum Gasteiger partial charge on any atom is 0.328 e. The molecule has 0 spiro atoms. The van der Waals surface area contributed by atoms with Crippen LogP contribution in [-0.2, 0) is 19.1 Å². The van der Waals surface area contributed by atoms with E-state index in [2.05, 4.69) is 6.92 Å². The van der Waals surface area contributed by atoms with Crippen LogP contribution in [0.3, 0.4) is 0 Å². The van der Waals surface area contributed by atoms with Crippen molar-refractivity contribution < 1.29 is 33.3 Å². The summed E-state index contributed by atoms with van der Waals surface area (Å²) in [5.74, 6) is 1.02. The molecule has 1 heterocycles. The molecule has 2 aliphatic rings. The summed E-state index contributed by atoms with van der Waals surface area (Å²) in [6, 6.07) is 3.22. The fraction of sp³-hybridized carbons (Fsp3) is 0.724. The first-order valence-electron chi connectivity index (χ1n) is 13.9. The van der Waals surface area contributed by atoms with Gasteiger partial charge < -0.3 is 28.6 Å². The first kappa shape index (κ1) is 29.1. The lowest BCUT2D eigenvalue weighted by molar-refractivity contribution is -0.159. The monoisotopic (exact) mass is 519 g/mol. The van der Waals surface area contributed by atoms with Gasteiger partial charge in [-0.15, -0.1) is 0 Å². The third kappa shape index (κ3) is 7.53. The number of esters is 1. The summed E-state index contributed by atoms with van der Waals surface area (Å²) in [7, 11) is 4.74. The minimum absolute atomic E-state index is 0.0120. The lowest BCUT2D eigenvalue weighted by Gasteiger charge is -2.39. The Bertz CT molecular complexity index is 843. The standard InChI is InChI=1S/C29H45NO7/c1-5-6-16-36-17-18-37-29(32)23-14-10-11-15-30(23)28(31)26(21-12-8-7-9-13-21)22-19-24(33-2)27(35-4)25(20-22)34-3/h19-21,23,26H,5-18H2,1-4H3/t23-,26-/m0/s1. The van der Waals surface area contributed by atoms with Crippen molar-refractivity contribution >= 4 is 11.9 Å². The van der Waals surface area contributed by atoms with E-state index in [1.165, 1.54) is 6.42 Å². The molecule has 8 nitrogen and oxygen atoms in total. The fourth-order valence-corrected chi connectivity index (χ4v) is 5.63. The zero-order valence-electron chi connectivity index (χ0n) is 23.1. The fourth-order valence-electron chi connectivity index (χ4n) is 5.63. The van der Waals surface area contributed by atoms with Gasteiger partial charge in [0.05, 0.1) is 33.9 Å². The SMILES string of the molecule is CCCCOCCOC(=O)[C@@H]1CCCCN1C(=O)[C@H](c1cc(OC)c(OC)c(OC)c1)C1CCCCC1. The van der Waals surface area contributed by atoms with Gasteiger partial charge in [-0.25, -0.2) is 4.79 Å². The van der Waals surface area contributed by atoms with Gasteiger partial charge in [0, 0.05) is 13.2 Å². The number of methoxy groups -OCH3 is 3. The molecule has 208 valence electrons. The average molecular weight is 520 g/mol. The number of hydrogen-bond donors (Lipinski definition) is 0. The van der Waals surface area contributed by atoms with Crippen molar-refractivity contribution in [3.63, 3.8) is 0 Å². The van der Waals surface area contributed by atoms with Gasteiger partial charge in [0.15, 0.2) is 11.5 Å². The van der Waals surface area contributed by atoms with Gasteiger partial charge in [-0.05, 0) is 62.1 Å². The number of nitrogens with zero attached hydrogens (tertiary/aromatic N) is 1.